The number of rotatable bonds is 6. The maximum Gasteiger partial charge on any atom is 0.435 e. The van der Waals surface area contributed by atoms with Crippen molar-refractivity contribution < 1.29 is 27.4 Å². The number of alkyl halides is 3. The van der Waals surface area contributed by atoms with Crippen LogP contribution in [0.3, 0.4) is 0 Å². The van der Waals surface area contributed by atoms with Gasteiger partial charge in [-0.3, -0.25) is 4.79 Å². The van der Waals surface area contributed by atoms with E-state index in [9.17, 15) is 18.0 Å². The molecule has 0 spiro atoms. The van der Waals surface area contributed by atoms with Gasteiger partial charge in [0.05, 0.1) is 28.4 Å². The molecule has 3 aromatic carbocycles. The third-order valence-electron chi connectivity index (χ3n) is 5.02. The molecule has 0 atom stereocenters. The van der Waals surface area contributed by atoms with Crippen molar-refractivity contribution in [3.05, 3.63) is 93.5 Å². The van der Waals surface area contributed by atoms with Gasteiger partial charge in [-0.15, -0.1) is 0 Å². The van der Waals surface area contributed by atoms with Crippen molar-refractivity contribution in [1.82, 2.24) is 0 Å². The summed E-state index contributed by atoms with van der Waals surface area (Å²) in [4.78, 5) is 12.9. The lowest BCUT2D eigenvalue weighted by atomic mass is 10.1. The second-order valence-electron chi connectivity index (χ2n) is 7.40. The first kappa shape index (κ1) is 24.6. The average Bonchev–Trinajstić information content (AvgIpc) is 3.17. The van der Waals surface area contributed by atoms with E-state index in [0.29, 0.717) is 21.4 Å². The highest BCUT2D eigenvalue weighted by Crippen LogP contribution is 2.35. The van der Waals surface area contributed by atoms with Gasteiger partial charge in [-0.1, -0.05) is 53.5 Å². The lowest BCUT2D eigenvalue weighted by Gasteiger charge is -2.13. The van der Waals surface area contributed by atoms with E-state index in [4.69, 9.17) is 32.7 Å². The Morgan fingerprint density at radius 2 is 1.71 bits per heavy atom. The Balaban J connectivity index is 1.62. The zero-order valence-electron chi connectivity index (χ0n) is 18.1. The molecular weight excluding hydrogens is 504 g/mol. The fraction of sp³-hybridized carbons (Fsp3) is 0.120. The van der Waals surface area contributed by atoms with Crippen molar-refractivity contribution in [2.45, 2.75) is 12.8 Å². The summed E-state index contributed by atoms with van der Waals surface area (Å²) in [6.07, 6.45) is -3.69. The number of amides is 1. The highest BCUT2D eigenvalue weighted by atomic mass is 35.5. The van der Waals surface area contributed by atoms with Crippen LogP contribution in [0.2, 0.25) is 10.0 Å². The zero-order chi connectivity index (χ0) is 25.2. The van der Waals surface area contributed by atoms with E-state index >= 15 is 0 Å². The largest absolute Gasteiger partial charge is 0.493 e. The minimum absolute atomic E-state index is 0.156. The van der Waals surface area contributed by atoms with Crippen LogP contribution in [0.15, 0.2) is 77.4 Å². The van der Waals surface area contributed by atoms with Gasteiger partial charge in [-0.2, -0.15) is 23.3 Å². The summed E-state index contributed by atoms with van der Waals surface area (Å²) in [7, 11) is 1.40. The van der Waals surface area contributed by atoms with E-state index in [-0.39, 0.29) is 18.0 Å². The molecule has 0 radical (unpaired) electrons. The Morgan fingerprint density at radius 1 is 0.971 bits per heavy atom. The Bertz CT molecular complexity index is 1330. The number of hydrazone groups is 1. The smallest absolute Gasteiger partial charge is 0.435 e. The number of halogens is 5. The van der Waals surface area contributed by atoms with E-state index in [0.717, 1.165) is 16.6 Å². The van der Waals surface area contributed by atoms with Crippen LogP contribution in [-0.2, 0) is 11.4 Å². The molecule has 5 nitrogen and oxygen atoms in total. The fourth-order valence-corrected chi connectivity index (χ4v) is 3.67. The first-order valence-corrected chi connectivity index (χ1v) is 10.9. The van der Waals surface area contributed by atoms with Gasteiger partial charge in [0.25, 0.3) is 5.91 Å². The van der Waals surface area contributed by atoms with Crippen molar-refractivity contribution in [2.24, 2.45) is 5.10 Å². The lowest BCUT2D eigenvalue weighted by Crippen LogP contribution is -2.25. The normalized spacial score (nSPS) is 14.9. The molecular formula is C25H17Cl2F3N2O3. The number of anilines is 1. The van der Waals surface area contributed by atoms with E-state index in [1.807, 2.05) is 0 Å². The highest BCUT2D eigenvalue weighted by Gasteiger charge is 2.46. The Labute approximate surface area is 209 Å². The summed E-state index contributed by atoms with van der Waals surface area (Å²) in [6.45, 7) is 0.156. The molecule has 0 saturated heterocycles. The first-order valence-electron chi connectivity index (χ1n) is 10.2. The molecule has 3 aromatic rings. The van der Waals surface area contributed by atoms with Crippen molar-refractivity contribution in [1.29, 1.82) is 0 Å². The maximum atomic E-state index is 13.7. The number of hydrogen-bond acceptors (Lipinski definition) is 4. The molecule has 0 aliphatic carbocycles. The average molecular weight is 521 g/mol. The first-order chi connectivity index (χ1) is 16.7. The minimum atomic E-state index is -4.82. The topological polar surface area (TPSA) is 51.1 Å². The maximum absolute atomic E-state index is 13.7. The van der Waals surface area contributed by atoms with Crippen LogP contribution in [0.5, 0.6) is 11.5 Å². The van der Waals surface area contributed by atoms with Gasteiger partial charge in [-0.25, -0.2) is 0 Å². The molecule has 1 amide bonds. The number of ether oxygens (including phenoxy) is 2. The summed E-state index contributed by atoms with van der Waals surface area (Å²) in [6, 6.07) is 17.5. The van der Waals surface area contributed by atoms with Crippen molar-refractivity contribution in [3.8, 4) is 11.5 Å². The van der Waals surface area contributed by atoms with Gasteiger partial charge in [0, 0.05) is 0 Å². The van der Waals surface area contributed by atoms with Crippen LogP contribution in [0.4, 0.5) is 18.9 Å². The molecule has 35 heavy (non-hydrogen) atoms. The summed E-state index contributed by atoms with van der Waals surface area (Å²) in [5.74, 6) is -0.258. The molecule has 1 aliphatic rings. The standard InChI is InChI=1S/C25H17Cl2F3N2O3/c1-34-22-13-15(8-10-21(22)35-14-16-7-9-19(26)20(27)12-16)11-18-23(25(28,29)30)31-32(24(18)33)17-5-3-2-4-6-17/h2-13H,14H2,1H3/b18-11-. The molecule has 0 N–H and O–H groups in total. The minimum Gasteiger partial charge on any atom is -0.493 e. The molecule has 0 fully saturated rings. The van der Waals surface area contributed by atoms with Crippen LogP contribution in [0, 0.1) is 0 Å². The quantitative estimate of drug-likeness (QED) is 0.331. The molecule has 0 aromatic heterocycles. The lowest BCUT2D eigenvalue weighted by molar-refractivity contribution is -0.114. The molecule has 4 rings (SSSR count). The number of methoxy groups -OCH3 is 1. The number of hydrogen-bond donors (Lipinski definition) is 0. The predicted molar refractivity (Wildman–Crippen MR) is 129 cm³/mol. The summed E-state index contributed by atoms with van der Waals surface area (Å²) in [5.41, 5.74) is -0.556. The highest BCUT2D eigenvalue weighted by molar-refractivity contribution is 6.42. The van der Waals surface area contributed by atoms with Gasteiger partial charge in [0.1, 0.15) is 6.61 Å². The summed E-state index contributed by atoms with van der Waals surface area (Å²) in [5, 5.41) is 5.09. The van der Waals surface area contributed by atoms with Crippen molar-refractivity contribution in [3.63, 3.8) is 0 Å². The number of benzene rings is 3. The van der Waals surface area contributed by atoms with Crippen LogP contribution < -0.4 is 14.5 Å². The SMILES string of the molecule is COc1cc(/C=C2\C(=O)N(c3ccccc3)N=C2C(F)(F)F)ccc1OCc1ccc(Cl)c(Cl)c1. The Kier molecular flexibility index (Phi) is 7.05. The van der Waals surface area contributed by atoms with E-state index in [1.165, 1.54) is 31.4 Å². The van der Waals surface area contributed by atoms with Crippen LogP contribution >= 0.6 is 23.2 Å². The predicted octanol–water partition coefficient (Wildman–Crippen LogP) is 6.93. The summed E-state index contributed by atoms with van der Waals surface area (Å²) >= 11 is 11.9. The molecule has 1 heterocycles. The third kappa shape index (κ3) is 5.44. The number of nitrogens with zero attached hydrogens (tertiary/aromatic N) is 2. The second-order valence-corrected chi connectivity index (χ2v) is 8.22. The van der Waals surface area contributed by atoms with Gasteiger partial charge < -0.3 is 9.47 Å². The van der Waals surface area contributed by atoms with Crippen molar-refractivity contribution in [2.75, 3.05) is 12.1 Å². The van der Waals surface area contributed by atoms with Crippen LogP contribution in [-0.4, -0.2) is 24.9 Å². The zero-order valence-corrected chi connectivity index (χ0v) is 19.7. The Hall–Kier alpha value is -3.49. The van der Waals surface area contributed by atoms with Gasteiger partial charge >= 0.3 is 6.18 Å². The monoisotopic (exact) mass is 520 g/mol. The third-order valence-corrected chi connectivity index (χ3v) is 5.76. The van der Waals surface area contributed by atoms with Crippen LogP contribution in [0.1, 0.15) is 11.1 Å². The van der Waals surface area contributed by atoms with Crippen molar-refractivity contribution >= 4 is 46.6 Å². The molecule has 0 bridgehead atoms. The number of carbonyl (C=O) groups excluding carboxylic acids is 1. The molecule has 0 saturated carbocycles. The van der Waals surface area contributed by atoms with Crippen LogP contribution in [0.25, 0.3) is 6.08 Å². The molecule has 10 heteroatoms. The number of carbonyl (C=O) groups is 1. The molecule has 1 aliphatic heterocycles. The second kappa shape index (κ2) is 10.0. The van der Waals surface area contributed by atoms with Gasteiger partial charge in [0.15, 0.2) is 17.2 Å². The van der Waals surface area contributed by atoms with E-state index in [2.05, 4.69) is 5.10 Å². The summed E-state index contributed by atoms with van der Waals surface area (Å²) < 4.78 is 52.2. The van der Waals surface area contributed by atoms with E-state index in [1.54, 1.807) is 42.5 Å². The van der Waals surface area contributed by atoms with Gasteiger partial charge in [-0.05, 0) is 53.6 Å². The molecule has 0 unspecified atom stereocenters. The molecule has 180 valence electrons. The number of para-hydroxylation sites is 1. The fourth-order valence-electron chi connectivity index (χ4n) is 3.35. The van der Waals surface area contributed by atoms with Gasteiger partial charge in [0.2, 0.25) is 0 Å². The Morgan fingerprint density at radius 3 is 2.37 bits per heavy atom. The van der Waals surface area contributed by atoms with E-state index < -0.39 is 23.4 Å².